The molecular weight excluding hydrogens is 763 g/mol. The first-order valence-electron chi connectivity index (χ1n) is 20.3. The lowest BCUT2D eigenvalue weighted by Crippen LogP contribution is -2.38. The van der Waals surface area contributed by atoms with Crippen LogP contribution >= 0.6 is 0 Å². The maximum absolute atomic E-state index is 12.1. The smallest absolute Gasteiger partial charge is 0.167 e. The van der Waals surface area contributed by atoms with Gasteiger partial charge in [-0.05, 0) is 64.6 Å². The summed E-state index contributed by atoms with van der Waals surface area (Å²) in [6.07, 6.45) is 2.18. The lowest BCUT2D eigenvalue weighted by molar-refractivity contribution is -0.103. The van der Waals surface area contributed by atoms with Crippen molar-refractivity contribution in [2.24, 2.45) is 0 Å². The Kier molecular flexibility index (Phi) is 10.8. The Morgan fingerprint density at radius 3 is 1.61 bits per heavy atom. The molecule has 1 aliphatic rings. The van der Waals surface area contributed by atoms with E-state index < -0.39 is 29.1 Å². The number of hydrogen-bond acceptors (Lipinski definition) is 9. The third-order valence-corrected chi connectivity index (χ3v) is 11.7. The van der Waals surface area contributed by atoms with Crippen LogP contribution < -0.4 is 14.8 Å². The third kappa shape index (κ3) is 7.29. The molecule has 1 aliphatic heterocycles. The normalized spacial score (nSPS) is 17.9. The van der Waals surface area contributed by atoms with E-state index in [1.54, 1.807) is 32.0 Å². The molecule has 3 heterocycles. The first-order chi connectivity index (χ1) is 29.9. The van der Waals surface area contributed by atoms with Gasteiger partial charge in [-0.2, -0.15) is 0 Å². The lowest BCUT2D eigenvalue weighted by Gasteiger charge is -2.37. The molecule has 0 bridgehead atoms. The van der Waals surface area contributed by atoms with E-state index in [-0.39, 0.29) is 6.61 Å². The second kappa shape index (κ2) is 16.7. The highest BCUT2D eigenvalue weighted by molar-refractivity contribution is 5.84. The van der Waals surface area contributed by atoms with Gasteiger partial charge in [0.15, 0.2) is 23.2 Å². The molecule has 1 fully saturated rings. The summed E-state index contributed by atoms with van der Waals surface area (Å²) in [5.41, 5.74) is 3.66. The molecule has 3 atom stereocenters. The third-order valence-electron chi connectivity index (χ3n) is 11.7. The van der Waals surface area contributed by atoms with Crippen molar-refractivity contribution in [3.05, 3.63) is 216 Å². The zero-order chi connectivity index (χ0) is 41.9. The number of nitrogens with zero attached hydrogens (tertiary/aromatic N) is 4. The van der Waals surface area contributed by atoms with Crippen molar-refractivity contribution in [1.82, 2.24) is 19.5 Å². The van der Waals surface area contributed by atoms with Crippen LogP contribution in [0.15, 0.2) is 183 Å². The molecule has 61 heavy (non-hydrogen) atoms. The molecule has 0 spiro atoms. The van der Waals surface area contributed by atoms with Crippen LogP contribution in [0, 0.1) is 0 Å². The Bertz CT molecular complexity index is 2600. The number of rotatable bonds is 14. The Balaban J connectivity index is 1.07. The molecule has 0 amide bonds. The SMILES string of the molecule is COc1ccc(C(Nc2ncnc3c2ncn3[C@@H]2O[C@H](COC(c3ccccc3)(c3ccccc3)c3ccc(OC)cc3)C[C@]2(C)O)(c2ccccc2)c2ccccc2)cc1. The topological polar surface area (TPSA) is 113 Å². The second-order valence-electron chi connectivity index (χ2n) is 15.5. The van der Waals surface area contributed by atoms with Crippen LogP contribution in [0.25, 0.3) is 11.2 Å². The first kappa shape index (κ1) is 39.6. The minimum Gasteiger partial charge on any atom is -0.497 e. The van der Waals surface area contributed by atoms with E-state index in [1.165, 1.54) is 6.33 Å². The maximum atomic E-state index is 12.1. The molecule has 0 radical (unpaired) electrons. The second-order valence-corrected chi connectivity index (χ2v) is 15.5. The summed E-state index contributed by atoms with van der Waals surface area (Å²) in [6.45, 7) is 1.96. The van der Waals surface area contributed by atoms with Gasteiger partial charge in [0.25, 0.3) is 0 Å². The summed E-state index contributed by atoms with van der Waals surface area (Å²) in [6, 6.07) is 56.9. The van der Waals surface area contributed by atoms with Gasteiger partial charge in [-0.25, -0.2) is 15.0 Å². The zero-order valence-electron chi connectivity index (χ0n) is 34.3. The molecule has 9 rings (SSSR count). The van der Waals surface area contributed by atoms with Gasteiger partial charge in [-0.1, -0.05) is 146 Å². The average Bonchev–Trinajstić information content (AvgIpc) is 3.89. The predicted octanol–water partition coefficient (Wildman–Crippen LogP) is 9.29. The lowest BCUT2D eigenvalue weighted by atomic mass is 9.77. The summed E-state index contributed by atoms with van der Waals surface area (Å²) >= 11 is 0. The van der Waals surface area contributed by atoms with Crippen LogP contribution in [0.1, 0.15) is 53.0 Å². The van der Waals surface area contributed by atoms with Crippen molar-refractivity contribution in [2.75, 3.05) is 26.1 Å². The van der Waals surface area contributed by atoms with Gasteiger partial charge in [0.1, 0.15) is 34.6 Å². The standard InChI is InChI=1S/C51H47N5O5/c1-49(57)32-44(33-60-51(39-20-12-6-13-21-39,40-22-14-7-15-23-40)41-26-30-43(59-3)31-27-41)61-48(49)56-35-54-45-46(52-34-53-47(45)56)55-50(36-16-8-4-9-17-36,37-18-10-5-11-19-37)38-24-28-42(58-2)29-25-38/h4-31,34-35,44,48,57H,32-33H2,1-3H3,(H,52,53,55)/t44-,48+,49-/m0/s1. The van der Waals surface area contributed by atoms with Crippen molar-refractivity contribution >= 4 is 17.0 Å². The van der Waals surface area contributed by atoms with Crippen molar-refractivity contribution in [3.63, 3.8) is 0 Å². The predicted molar refractivity (Wildman–Crippen MR) is 236 cm³/mol. The van der Waals surface area contributed by atoms with E-state index in [2.05, 4.69) is 66.0 Å². The molecule has 10 nitrogen and oxygen atoms in total. The van der Waals surface area contributed by atoms with Gasteiger partial charge in [-0.3, -0.25) is 4.57 Å². The van der Waals surface area contributed by atoms with E-state index in [0.717, 1.165) is 44.9 Å². The van der Waals surface area contributed by atoms with Crippen molar-refractivity contribution < 1.29 is 24.1 Å². The van der Waals surface area contributed by atoms with Gasteiger partial charge >= 0.3 is 0 Å². The monoisotopic (exact) mass is 809 g/mol. The summed E-state index contributed by atoms with van der Waals surface area (Å²) in [5, 5.41) is 16.0. The molecule has 2 aromatic heterocycles. The molecule has 0 saturated carbocycles. The summed E-state index contributed by atoms with van der Waals surface area (Å²) < 4.78 is 26.8. The maximum Gasteiger partial charge on any atom is 0.167 e. The minimum absolute atomic E-state index is 0.176. The van der Waals surface area contributed by atoms with Crippen molar-refractivity contribution in [2.45, 2.75) is 42.4 Å². The number of fused-ring (bicyclic) bond motifs is 1. The van der Waals surface area contributed by atoms with E-state index in [9.17, 15) is 5.11 Å². The molecule has 8 aromatic rings. The highest BCUT2D eigenvalue weighted by Crippen LogP contribution is 2.45. The van der Waals surface area contributed by atoms with Crippen LogP contribution in [-0.2, 0) is 20.6 Å². The average molecular weight is 810 g/mol. The minimum atomic E-state index is -1.30. The Morgan fingerprint density at radius 1 is 0.639 bits per heavy atom. The van der Waals surface area contributed by atoms with E-state index in [4.69, 9.17) is 33.9 Å². The van der Waals surface area contributed by atoms with Gasteiger partial charge in [0, 0.05) is 6.42 Å². The fourth-order valence-corrected chi connectivity index (χ4v) is 8.77. The van der Waals surface area contributed by atoms with Crippen molar-refractivity contribution in [1.29, 1.82) is 0 Å². The number of aromatic nitrogens is 4. The fraction of sp³-hybridized carbons (Fsp3) is 0.196. The number of hydrogen-bond donors (Lipinski definition) is 2. The summed E-state index contributed by atoms with van der Waals surface area (Å²) in [4.78, 5) is 14.4. The molecule has 0 aliphatic carbocycles. The number of imidazole rings is 1. The summed E-state index contributed by atoms with van der Waals surface area (Å²) in [5.74, 6) is 2.01. The van der Waals surface area contributed by atoms with E-state index >= 15 is 0 Å². The Hall–Kier alpha value is -6.85. The van der Waals surface area contributed by atoms with Gasteiger partial charge in [0.05, 0.1) is 33.3 Å². The molecule has 2 N–H and O–H groups in total. The van der Waals surface area contributed by atoms with E-state index in [1.807, 2.05) is 109 Å². The van der Waals surface area contributed by atoms with Crippen molar-refractivity contribution in [3.8, 4) is 11.5 Å². The van der Waals surface area contributed by atoms with Crippen LogP contribution in [0.3, 0.4) is 0 Å². The molecule has 10 heteroatoms. The van der Waals surface area contributed by atoms with Gasteiger partial charge in [-0.15, -0.1) is 0 Å². The van der Waals surface area contributed by atoms with Crippen LogP contribution in [0.2, 0.25) is 0 Å². The zero-order valence-corrected chi connectivity index (χ0v) is 34.3. The number of anilines is 1. The highest BCUT2D eigenvalue weighted by atomic mass is 16.6. The Labute approximate surface area is 355 Å². The molecule has 6 aromatic carbocycles. The van der Waals surface area contributed by atoms with Crippen LogP contribution in [0.4, 0.5) is 5.82 Å². The number of benzene rings is 6. The highest BCUT2D eigenvalue weighted by Gasteiger charge is 2.48. The summed E-state index contributed by atoms with van der Waals surface area (Å²) in [7, 11) is 3.32. The molecule has 1 saturated heterocycles. The van der Waals surface area contributed by atoms with Crippen LogP contribution in [0.5, 0.6) is 11.5 Å². The molecule has 0 unspecified atom stereocenters. The quantitative estimate of drug-likeness (QED) is 0.104. The number of nitrogens with one attached hydrogen (secondary N) is 1. The van der Waals surface area contributed by atoms with Crippen LogP contribution in [-0.4, -0.2) is 57.2 Å². The van der Waals surface area contributed by atoms with E-state index in [0.29, 0.717) is 23.4 Å². The first-order valence-corrected chi connectivity index (χ1v) is 20.3. The van der Waals surface area contributed by atoms with Gasteiger partial charge < -0.3 is 29.4 Å². The number of ether oxygens (including phenoxy) is 4. The number of methoxy groups -OCH3 is 2. The molecular formula is C51H47N5O5. The Morgan fingerprint density at radius 2 is 1.10 bits per heavy atom. The molecule has 306 valence electrons. The number of aliphatic hydroxyl groups is 1. The largest absolute Gasteiger partial charge is 0.497 e. The fourth-order valence-electron chi connectivity index (χ4n) is 8.77. The van der Waals surface area contributed by atoms with Gasteiger partial charge in [0.2, 0.25) is 0 Å².